The van der Waals surface area contributed by atoms with Crippen molar-refractivity contribution in [3.05, 3.63) is 36.0 Å². The lowest BCUT2D eigenvalue weighted by Crippen LogP contribution is -1.99. The van der Waals surface area contributed by atoms with Crippen LogP contribution in [0.15, 0.2) is 30.5 Å². The van der Waals surface area contributed by atoms with Crippen LogP contribution in [0.1, 0.15) is 12.5 Å². The zero-order valence-electron chi connectivity index (χ0n) is 8.94. The molecule has 0 aliphatic rings. The maximum absolute atomic E-state index is 9.23. The van der Waals surface area contributed by atoms with Crippen molar-refractivity contribution < 1.29 is 5.11 Å². The van der Waals surface area contributed by atoms with E-state index in [1.54, 1.807) is 12.1 Å². The summed E-state index contributed by atoms with van der Waals surface area (Å²) in [5, 5.41) is 13.5. The van der Waals surface area contributed by atoms with Crippen LogP contribution in [0.5, 0.6) is 5.75 Å². The zero-order chi connectivity index (χ0) is 10.8. The molecular formula is C12H14N2O. The van der Waals surface area contributed by atoms with Gasteiger partial charge < -0.3 is 5.11 Å². The van der Waals surface area contributed by atoms with Crippen LogP contribution >= 0.6 is 0 Å². The minimum atomic E-state index is 0.291. The van der Waals surface area contributed by atoms with E-state index in [1.807, 2.05) is 29.9 Å². The highest BCUT2D eigenvalue weighted by Crippen LogP contribution is 2.24. The van der Waals surface area contributed by atoms with Crippen LogP contribution in [0.2, 0.25) is 0 Å². The first-order valence-corrected chi connectivity index (χ1v) is 5.04. The highest BCUT2D eigenvalue weighted by Gasteiger charge is 2.08. The van der Waals surface area contributed by atoms with Crippen molar-refractivity contribution in [3.63, 3.8) is 0 Å². The Morgan fingerprint density at radius 3 is 2.53 bits per heavy atom. The third-order valence-corrected chi connectivity index (χ3v) is 2.46. The van der Waals surface area contributed by atoms with Gasteiger partial charge in [-0.3, -0.25) is 4.68 Å². The van der Waals surface area contributed by atoms with Gasteiger partial charge in [-0.05, 0) is 43.7 Å². The highest BCUT2D eigenvalue weighted by molar-refractivity contribution is 5.63. The molecule has 0 fully saturated rings. The predicted octanol–water partition coefficient (Wildman–Crippen LogP) is 2.58. The van der Waals surface area contributed by atoms with Crippen LogP contribution in [-0.4, -0.2) is 14.9 Å². The van der Waals surface area contributed by atoms with Gasteiger partial charge in [-0.2, -0.15) is 5.10 Å². The maximum atomic E-state index is 9.23. The predicted molar refractivity (Wildman–Crippen MR) is 59.7 cm³/mol. The van der Waals surface area contributed by atoms with Gasteiger partial charge in [-0.1, -0.05) is 0 Å². The Labute approximate surface area is 89.0 Å². The Morgan fingerprint density at radius 2 is 1.93 bits per heavy atom. The summed E-state index contributed by atoms with van der Waals surface area (Å²) in [6, 6.07) is 7.21. The largest absolute Gasteiger partial charge is 0.508 e. The standard InChI is InChI=1S/C12H14N2O/c1-3-14-12(9(2)8-13-14)10-4-6-11(15)7-5-10/h4-8,15H,3H2,1-2H3. The first-order valence-electron chi connectivity index (χ1n) is 5.04. The summed E-state index contributed by atoms with van der Waals surface area (Å²) in [7, 11) is 0. The summed E-state index contributed by atoms with van der Waals surface area (Å²) in [5.41, 5.74) is 3.37. The van der Waals surface area contributed by atoms with Crippen molar-refractivity contribution in [1.29, 1.82) is 0 Å². The molecule has 3 nitrogen and oxygen atoms in total. The molecule has 0 saturated heterocycles. The number of hydrogen-bond donors (Lipinski definition) is 1. The van der Waals surface area contributed by atoms with Crippen LogP contribution in [0.25, 0.3) is 11.3 Å². The summed E-state index contributed by atoms with van der Waals surface area (Å²) < 4.78 is 1.96. The first-order chi connectivity index (χ1) is 7.22. The quantitative estimate of drug-likeness (QED) is 0.812. The van der Waals surface area contributed by atoms with E-state index in [0.29, 0.717) is 5.75 Å². The number of aromatic hydroxyl groups is 1. The van der Waals surface area contributed by atoms with E-state index >= 15 is 0 Å². The van der Waals surface area contributed by atoms with E-state index in [1.165, 1.54) is 0 Å². The fourth-order valence-electron chi connectivity index (χ4n) is 1.71. The maximum Gasteiger partial charge on any atom is 0.115 e. The fourth-order valence-corrected chi connectivity index (χ4v) is 1.71. The molecule has 1 N–H and O–H groups in total. The monoisotopic (exact) mass is 202 g/mol. The van der Waals surface area contributed by atoms with Crippen molar-refractivity contribution in [2.45, 2.75) is 20.4 Å². The smallest absolute Gasteiger partial charge is 0.115 e. The highest BCUT2D eigenvalue weighted by atomic mass is 16.3. The number of hydrogen-bond acceptors (Lipinski definition) is 2. The molecule has 2 rings (SSSR count). The second kappa shape index (κ2) is 3.77. The van der Waals surface area contributed by atoms with Gasteiger partial charge in [0.15, 0.2) is 0 Å². The average molecular weight is 202 g/mol. The Morgan fingerprint density at radius 1 is 1.27 bits per heavy atom. The lowest BCUT2D eigenvalue weighted by molar-refractivity contribution is 0.475. The number of benzene rings is 1. The van der Waals surface area contributed by atoms with Crippen molar-refractivity contribution in [3.8, 4) is 17.0 Å². The molecule has 0 saturated carbocycles. The second-order valence-corrected chi connectivity index (χ2v) is 3.54. The van der Waals surface area contributed by atoms with Gasteiger partial charge in [0.25, 0.3) is 0 Å². The summed E-state index contributed by atoms with van der Waals surface area (Å²) in [5.74, 6) is 0.291. The molecule has 3 heteroatoms. The number of phenols is 1. The van der Waals surface area contributed by atoms with Gasteiger partial charge in [0.2, 0.25) is 0 Å². The third kappa shape index (κ3) is 1.73. The van der Waals surface area contributed by atoms with E-state index in [0.717, 1.165) is 23.4 Å². The average Bonchev–Trinajstić information content (AvgIpc) is 2.61. The summed E-state index contributed by atoms with van der Waals surface area (Å²) in [6.45, 7) is 4.96. The molecule has 0 bridgehead atoms. The van der Waals surface area contributed by atoms with Gasteiger partial charge in [-0.15, -0.1) is 0 Å². The molecule has 1 aromatic heterocycles. The summed E-state index contributed by atoms with van der Waals surface area (Å²) in [6.07, 6.45) is 1.87. The minimum absolute atomic E-state index is 0.291. The van der Waals surface area contributed by atoms with Crippen molar-refractivity contribution >= 4 is 0 Å². The van der Waals surface area contributed by atoms with E-state index in [9.17, 15) is 5.11 Å². The Balaban J connectivity index is 2.52. The molecule has 15 heavy (non-hydrogen) atoms. The number of rotatable bonds is 2. The minimum Gasteiger partial charge on any atom is -0.508 e. The molecule has 0 atom stereocenters. The molecule has 0 amide bonds. The molecular weight excluding hydrogens is 188 g/mol. The van der Waals surface area contributed by atoms with Crippen LogP contribution in [0.4, 0.5) is 0 Å². The van der Waals surface area contributed by atoms with Crippen LogP contribution < -0.4 is 0 Å². The van der Waals surface area contributed by atoms with E-state index in [4.69, 9.17) is 0 Å². The van der Waals surface area contributed by atoms with Gasteiger partial charge in [0.1, 0.15) is 5.75 Å². The van der Waals surface area contributed by atoms with E-state index in [-0.39, 0.29) is 0 Å². The normalized spacial score (nSPS) is 10.5. The molecule has 0 aliphatic carbocycles. The Kier molecular flexibility index (Phi) is 2.46. The first kappa shape index (κ1) is 9.77. The number of aryl methyl sites for hydroxylation is 2. The molecule has 0 unspecified atom stereocenters. The van der Waals surface area contributed by atoms with Crippen LogP contribution in [0, 0.1) is 6.92 Å². The Bertz CT molecular complexity index is 457. The van der Waals surface area contributed by atoms with E-state index in [2.05, 4.69) is 12.0 Å². The van der Waals surface area contributed by atoms with Gasteiger partial charge in [0.05, 0.1) is 11.9 Å². The Hall–Kier alpha value is -1.77. The number of aromatic nitrogens is 2. The van der Waals surface area contributed by atoms with Gasteiger partial charge in [-0.25, -0.2) is 0 Å². The summed E-state index contributed by atoms with van der Waals surface area (Å²) in [4.78, 5) is 0. The van der Waals surface area contributed by atoms with Crippen LogP contribution in [0.3, 0.4) is 0 Å². The molecule has 78 valence electrons. The number of nitrogens with zero attached hydrogens (tertiary/aromatic N) is 2. The molecule has 1 aromatic carbocycles. The fraction of sp³-hybridized carbons (Fsp3) is 0.250. The van der Waals surface area contributed by atoms with Crippen molar-refractivity contribution in [1.82, 2.24) is 9.78 Å². The molecule has 0 radical (unpaired) electrons. The third-order valence-electron chi connectivity index (χ3n) is 2.46. The molecule has 2 aromatic rings. The zero-order valence-corrected chi connectivity index (χ0v) is 8.94. The molecule has 0 spiro atoms. The van der Waals surface area contributed by atoms with Gasteiger partial charge in [0, 0.05) is 12.1 Å². The molecule has 1 heterocycles. The van der Waals surface area contributed by atoms with Gasteiger partial charge >= 0.3 is 0 Å². The lowest BCUT2D eigenvalue weighted by Gasteiger charge is -2.06. The second-order valence-electron chi connectivity index (χ2n) is 3.54. The lowest BCUT2D eigenvalue weighted by atomic mass is 10.1. The molecule has 0 aliphatic heterocycles. The van der Waals surface area contributed by atoms with Crippen LogP contribution in [-0.2, 0) is 6.54 Å². The van der Waals surface area contributed by atoms with Crippen molar-refractivity contribution in [2.75, 3.05) is 0 Å². The van der Waals surface area contributed by atoms with Crippen molar-refractivity contribution in [2.24, 2.45) is 0 Å². The number of phenolic OH excluding ortho intramolecular Hbond substituents is 1. The van der Waals surface area contributed by atoms with E-state index < -0.39 is 0 Å². The summed E-state index contributed by atoms with van der Waals surface area (Å²) >= 11 is 0. The SMILES string of the molecule is CCn1ncc(C)c1-c1ccc(O)cc1. The topological polar surface area (TPSA) is 38.0 Å².